The van der Waals surface area contributed by atoms with Gasteiger partial charge in [-0.15, -0.1) is 11.3 Å². The van der Waals surface area contributed by atoms with Crippen LogP contribution in [0.25, 0.3) is 10.2 Å². The largest absolute Gasteiger partial charge is 0.384 e. The molecule has 3 aromatic carbocycles. The molecule has 2 aliphatic rings. The van der Waals surface area contributed by atoms with Crippen molar-refractivity contribution in [2.24, 2.45) is 10.7 Å². The van der Waals surface area contributed by atoms with Crippen LogP contribution < -0.4 is 15.8 Å². The normalized spacial score (nSPS) is 20.3. The first kappa shape index (κ1) is 29.9. The van der Waals surface area contributed by atoms with Crippen LogP contribution >= 0.6 is 23.1 Å². The maximum atomic E-state index is 13.8. The number of allylic oxidation sites excluding steroid dienone is 2. The number of benzene rings is 3. The smallest absolute Gasteiger partial charge is 0.241 e. The van der Waals surface area contributed by atoms with E-state index in [1.54, 1.807) is 36.5 Å². The summed E-state index contributed by atoms with van der Waals surface area (Å²) in [6.07, 6.45) is 8.65. The molecule has 0 saturated carbocycles. The predicted octanol–water partition coefficient (Wildman–Crippen LogP) is 5.92. The minimum absolute atomic E-state index is 0.0248. The molecule has 1 fully saturated rings. The number of aromatic nitrogens is 1. The molecule has 2 unspecified atom stereocenters. The average molecular weight is 643 g/mol. The number of carbonyl (C=O) groups excluding carboxylic acids is 1. The second-order valence-electron chi connectivity index (χ2n) is 10.5. The number of fused-ring (bicyclic) bond motifs is 2. The van der Waals surface area contributed by atoms with Crippen LogP contribution in [0.4, 0.5) is 5.69 Å². The number of nitrogens with one attached hydrogen (secondary N) is 3. The SMILES string of the molecule is N=C(N)c1cccc(CC(NS(=O)(=O)c2cccc(NC(=O)C3CC4=C/CC/C=C/N=C\4S3)c2)c2nc3ccccc3s2)c1. The van der Waals surface area contributed by atoms with Crippen molar-refractivity contribution in [1.29, 1.82) is 5.41 Å². The van der Waals surface area contributed by atoms with Gasteiger partial charge in [0.25, 0.3) is 0 Å². The molecular formula is C32H30N6O3S3. The fourth-order valence-electron chi connectivity index (χ4n) is 5.06. The van der Waals surface area contributed by atoms with Crippen LogP contribution in [0.1, 0.15) is 41.4 Å². The van der Waals surface area contributed by atoms with E-state index >= 15 is 0 Å². The number of anilines is 1. The number of nitrogen functional groups attached to an aromatic ring is 1. The lowest BCUT2D eigenvalue weighted by Crippen LogP contribution is -2.30. The highest BCUT2D eigenvalue weighted by Crippen LogP contribution is 2.36. The summed E-state index contributed by atoms with van der Waals surface area (Å²) in [6, 6.07) is 20.4. The van der Waals surface area contributed by atoms with E-state index in [0.717, 1.165) is 39.2 Å². The number of sulfonamides is 1. The first-order valence-electron chi connectivity index (χ1n) is 14.1. The highest BCUT2D eigenvalue weighted by Gasteiger charge is 2.32. The van der Waals surface area contributed by atoms with Crippen LogP contribution in [0.2, 0.25) is 0 Å². The summed E-state index contributed by atoms with van der Waals surface area (Å²) in [5.74, 6) is -0.264. The molecule has 0 radical (unpaired) electrons. The summed E-state index contributed by atoms with van der Waals surface area (Å²) >= 11 is 2.85. The molecule has 5 N–H and O–H groups in total. The van der Waals surface area contributed by atoms with Gasteiger partial charge in [-0.05, 0) is 73.2 Å². The molecule has 0 bridgehead atoms. The van der Waals surface area contributed by atoms with Crippen molar-refractivity contribution in [1.82, 2.24) is 9.71 Å². The van der Waals surface area contributed by atoms with Gasteiger partial charge in [-0.2, -0.15) is 0 Å². The highest BCUT2D eigenvalue weighted by molar-refractivity contribution is 8.16. The monoisotopic (exact) mass is 642 g/mol. The molecule has 2 atom stereocenters. The summed E-state index contributed by atoms with van der Waals surface area (Å²) in [7, 11) is -4.04. The van der Waals surface area contributed by atoms with Gasteiger partial charge in [0.05, 0.1) is 31.4 Å². The molecular weight excluding hydrogens is 613 g/mol. The number of carbonyl (C=O) groups is 1. The standard InChI is InChI=1S/C32H30N6O3S3/c33-29(34)21-10-6-8-20(16-21)17-26(32-37-25-13-3-4-14-27(25)42-32)38-44(40,41)24-12-7-11-23(19-24)36-30(39)28-18-22-9-2-1-5-15-35-31(22)43-28/h3-16,19,26,28,38H,1-2,17-18H2,(H3,33,34)(H,36,39)/b15-5+,22-9-,35-31+. The number of nitrogens with two attached hydrogens (primary N) is 1. The van der Waals surface area contributed by atoms with Crippen LogP contribution in [0.3, 0.4) is 0 Å². The van der Waals surface area contributed by atoms with E-state index in [1.807, 2.05) is 36.4 Å². The number of hydrogen-bond acceptors (Lipinski definition) is 8. The van der Waals surface area contributed by atoms with Crippen LogP contribution in [-0.4, -0.2) is 35.4 Å². The minimum Gasteiger partial charge on any atom is -0.384 e. The van der Waals surface area contributed by atoms with E-state index in [0.29, 0.717) is 29.1 Å². The summed E-state index contributed by atoms with van der Waals surface area (Å²) < 4.78 is 31.4. The van der Waals surface area contributed by atoms with Crippen LogP contribution in [0.5, 0.6) is 0 Å². The second-order valence-corrected chi connectivity index (χ2v) is 14.4. The maximum absolute atomic E-state index is 13.8. The Kier molecular flexibility index (Phi) is 8.76. The number of aliphatic imine (C=N–C) groups is 1. The molecule has 6 rings (SSSR count). The van der Waals surface area contributed by atoms with E-state index in [1.165, 1.54) is 35.2 Å². The molecule has 44 heavy (non-hydrogen) atoms. The summed E-state index contributed by atoms with van der Waals surface area (Å²) in [5, 5.41) is 11.8. The Labute approximate surface area is 264 Å². The molecule has 0 aliphatic carbocycles. The van der Waals surface area contributed by atoms with Gasteiger partial charge in [0, 0.05) is 17.5 Å². The van der Waals surface area contributed by atoms with E-state index in [2.05, 4.69) is 21.1 Å². The topological polar surface area (TPSA) is 150 Å². The fourth-order valence-corrected chi connectivity index (χ4v) is 8.53. The first-order chi connectivity index (χ1) is 21.2. The average Bonchev–Trinajstić information content (AvgIpc) is 3.61. The van der Waals surface area contributed by atoms with Crippen molar-refractivity contribution in [3.05, 3.63) is 113 Å². The van der Waals surface area contributed by atoms with Gasteiger partial charge in [-0.1, -0.05) is 60.3 Å². The Morgan fingerprint density at radius 2 is 1.91 bits per heavy atom. The Balaban J connectivity index is 1.23. The Bertz CT molecular complexity index is 1910. The zero-order valence-electron chi connectivity index (χ0n) is 23.6. The van der Waals surface area contributed by atoms with Crippen molar-refractivity contribution in [2.45, 2.75) is 41.9 Å². The Hall–Kier alpha value is -4.10. The predicted molar refractivity (Wildman–Crippen MR) is 179 cm³/mol. The molecule has 0 spiro atoms. The number of thiazole rings is 1. The third-order valence-electron chi connectivity index (χ3n) is 7.24. The van der Waals surface area contributed by atoms with Gasteiger partial charge < -0.3 is 11.1 Å². The van der Waals surface area contributed by atoms with Crippen LogP contribution in [-0.2, 0) is 21.2 Å². The van der Waals surface area contributed by atoms with Crippen LogP contribution in [0.15, 0.2) is 107 Å². The summed E-state index contributed by atoms with van der Waals surface area (Å²) in [5.41, 5.74) is 9.33. The van der Waals surface area contributed by atoms with Gasteiger partial charge in [-0.25, -0.2) is 23.1 Å². The first-order valence-corrected chi connectivity index (χ1v) is 17.2. The molecule has 4 aromatic rings. The lowest BCUT2D eigenvalue weighted by atomic mass is 10.0. The van der Waals surface area contributed by atoms with Gasteiger partial charge in [-0.3, -0.25) is 10.2 Å². The maximum Gasteiger partial charge on any atom is 0.241 e. The molecule has 1 aromatic heterocycles. The Morgan fingerprint density at radius 1 is 1.07 bits per heavy atom. The summed E-state index contributed by atoms with van der Waals surface area (Å²) in [6.45, 7) is 0. The number of para-hydroxylation sites is 1. The quantitative estimate of drug-likeness (QED) is 0.132. The van der Waals surface area contributed by atoms with Gasteiger partial charge in [0.1, 0.15) is 10.8 Å². The minimum atomic E-state index is -4.04. The number of thioether (sulfide) groups is 1. The van der Waals surface area contributed by atoms with Gasteiger partial charge in [0.2, 0.25) is 15.9 Å². The number of amidine groups is 1. The number of nitrogens with zero attached hydrogens (tertiary/aromatic N) is 2. The van der Waals surface area contributed by atoms with Crippen molar-refractivity contribution in [2.75, 3.05) is 5.32 Å². The molecule has 9 nitrogen and oxygen atoms in total. The highest BCUT2D eigenvalue weighted by atomic mass is 32.2. The molecule has 12 heteroatoms. The van der Waals surface area contributed by atoms with Crippen molar-refractivity contribution in [3.63, 3.8) is 0 Å². The van der Waals surface area contributed by atoms with Crippen molar-refractivity contribution in [3.8, 4) is 0 Å². The molecule has 224 valence electrons. The van der Waals surface area contributed by atoms with E-state index in [4.69, 9.17) is 16.1 Å². The van der Waals surface area contributed by atoms with E-state index in [9.17, 15) is 13.2 Å². The Morgan fingerprint density at radius 3 is 2.75 bits per heavy atom. The number of hydrogen-bond donors (Lipinski definition) is 4. The number of amides is 1. The molecule has 2 aliphatic heterocycles. The van der Waals surface area contributed by atoms with E-state index in [-0.39, 0.29) is 21.9 Å². The molecule has 1 amide bonds. The number of rotatable bonds is 9. The van der Waals surface area contributed by atoms with E-state index < -0.39 is 16.1 Å². The zero-order chi connectivity index (χ0) is 30.7. The van der Waals surface area contributed by atoms with Gasteiger partial charge >= 0.3 is 0 Å². The van der Waals surface area contributed by atoms with Crippen molar-refractivity contribution < 1.29 is 13.2 Å². The third-order valence-corrected chi connectivity index (χ3v) is 11.1. The fraction of sp³-hybridized carbons (Fsp3) is 0.188. The van der Waals surface area contributed by atoms with Crippen LogP contribution in [0, 0.1) is 5.41 Å². The third kappa shape index (κ3) is 6.83. The lowest BCUT2D eigenvalue weighted by molar-refractivity contribution is -0.115. The summed E-state index contributed by atoms with van der Waals surface area (Å²) in [4.78, 5) is 22.4. The zero-order valence-corrected chi connectivity index (χ0v) is 26.0. The molecule has 1 saturated heterocycles. The lowest BCUT2D eigenvalue weighted by Gasteiger charge is -2.18. The molecule has 3 heterocycles. The van der Waals surface area contributed by atoms with Gasteiger partial charge in [0.15, 0.2) is 0 Å². The second kappa shape index (κ2) is 12.9. The van der Waals surface area contributed by atoms with Crippen molar-refractivity contribution >= 4 is 65.8 Å².